The largest absolute Gasteiger partial charge is 0.0619 e. The van der Waals surface area contributed by atoms with Gasteiger partial charge in [0.2, 0.25) is 0 Å². The molecule has 0 amide bonds. The van der Waals surface area contributed by atoms with Crippen LogP contribution in [-0.2, 0) is 5.41 Å². The second kappa shape index (κ2) is 5.32. The highest BCUT2D eigenvalue weighted by Gasteiger charge is 2.35. The first kappa shape index (κ1) is 15.4. The van der Waals surface area contributed by atoms with Crippen LogP contribution in [0.1, 0.15) is 30.5 Å². The maximum atomic E-state index is 2.40. The molecule has 0 heteroatoms. The van der Waals surface area contributed by atoms with Crippen LogP contribution in [0.2, 0.25) is 0 Å². The minimum Gasteiger partial charge on any atom is -0.0619 e. The first-order valence-electron chi connectivity index (χ1n) is 9.29. The molecule has 0 aromatic heterocycles. The summed E-state index contributed by atoms with van der Waals surface area (Å²) >= 11 is 0. The topological polar surface area (TPSA) is 0 Å². The van der Waals surface area contributed by atoms with Crippen molar-refractivity contribution in [2.75, 3.05) is 0 Å². The molecule has 0 nitrogen and oxygen atoms in total. The van der Waals surface area contributed by atoms with Gasteiger partial charge in [0.25, 0.3) is 0 Å². The molecule has 1 aliphatic carbocycles. The molecule has 26 heavy (non-hydrogen) atoms. The molecule has 0 saturated heterocycles. The van der Waals surface area contributed by atoms with Crippen LogP contribution in [-0.4, -0.2) is 0 Å². The molecule has 0 bridgehead atoms. The lowest BCUT2D eigenvalue weighted by Crippen LogP contribution is -2.14. The van der Waals surface area contributed by atoms with E-state index in [-0.39, 0.29) is 5.41 Å². The van der Waals surface area contributed by atoms with Gasteiger partial charge in [-0.1, -0.05) is 86.1 Å². The van der Waals surface area contributed by atoms with Gasteiger partial charge in [-0.15, -0.1) is 0 Å². The number of rotatable bonds is 1. The fourth-order valence-electron chi connectivity index (χ4n) is 4.43. The van der Waals surface area contributed by atoms with Gasteiger partial charge in [-0.05, 0) is 63.2 Å². The summed E-state index contributed by atoms with van der Waals surface area (Å²) in [6, 6.07) is 29.2. The van der Waals surface area contributed by atoms with Gasteiger partial charge in [-0.3, -0.25) is 0 Å². The summed E-state index contributed by atoms with van der Waals surface area (Å²) < 4.78 is 0. The monoisotopic (exact) mass is 334 g/mol. The predicted octanol–water partition coefficient (Wildman–Crippen LogP) is 7.12. The summed E-state index contributed by atoms with van der Waals surface area (Å²) in [6.45, 7) is 6.83. The van der Waals surface area contributed by atoms with E-state index in [1.165, 1.54) is 49.7 Å². The Bertz CT molecular complexity index is 1160. The molecule has 5 rings (SSSR count). The lowest BCUT2D eigenvalue weighted by Gasteiger charge is -2.22. The quantitative estimate of drug-likeness (QED) is 0.347. The normalized spacial score (nSPS) is 14.3. The number of hydrogen-bond donors (Lipinski definition) is 0. The van der Waals surface area contributed by atoms with Gasteiger partial charge in [-0.25, -0.2) is 0 Å². The second-order valence-corrected chi connectivity index (χ2v) is 8.00. The third-order valence-electron chi connectivity index (χ3n) is 5.91. The number of benzene rings is 4. The fourth-order valence-corrected chi connectivity index (χ4v) is 4.43. The summed E-state index contributed by atoms with van der Waals surface area (Å²) in [5, 5.41) is 2.61. The molecule has 1 aliphatic rings. The van der Waals surface area contributed by atoms with E-state index in [1.807, 2.05) is 0 Å². The first-order valence-corrected chi connectivity index (χ1v) is 9.29. The van der Waals surface area contributed by atoms with Gasteiger partial charge < -0.3 is 0 Å². The Hall–Kier alpha value is -2.86. The van der Waals surface area contributed by atoms with E-state index in [4.69, 9.17) is 0 Å². The summed E-state index contributed by atoms with van der Waals surface area (Å²) in [5.74, 6) is 0. The smallest absolute Gasteiger partial charge is 0.0159 e. The summed E-state index contributed by atoms with van der Waals surface area (Å²) in [5.41, 5.74) is 9.57. The Morgan fingerprint density at radius 1 is 0.577 bits per heavy atom. The molecular formula is C26H22. The number of aryl methyl sites for hydroxylation is 1. The van der Waals surface area contributed by atoms with Gasteiger partial charge in [0.15, 0.2) is 0 Å². The van der Waals surface area contributed by atoms with Gasteiger partial charge >= 0.3 is 0 Å². The van der Waals surface area contributed by atoms with E-state index in [1.54, 1.807) is 0 Å². The van der Waals surface area contributed by atoms with Gasteiger partial charge in [0.05, 0.1) is 0 Å². The zero-order chi connectivity index (χ0) is 17.9. The number of fused-ring (bicyclic) bond motifs is 4. The van der Waals surface area contributed by atoms with Crippen molar-refractivity contribution in [1.82, 2.24) is 0 Å². The van der Waals surface area contributed by atoms with Crippen LogP contribution in [0.25, 0.3) is 33.0 Å². The van der Waals surface area contributed by atoms with Crippen molar-refractivity contribution in [2.45, 2.75) is 26.2 Å². The van der Waals surface area contributed by atoms with E-state index < -0.39 is 0 Å². The van der Waals surface area contributed by atoms with Crippen molar-refractivity contribution in [1.29, 1.82) is 0 Å². The summed E-state index contributed by atoms with van der Waals surface area (Å²) in [4.78, 5) is 0. The Balaban J connectivity index is 1.68. The molecule has 0 atom stereocenters. The molecule has 0 aliphatic heterocycles. The predicted molar refractivity (Wildman–Crippen MR) is 112 cm³/mol. The zero-order valence-corrected chi connectivity index (χ0v) is 15.5. The molecule has 0 saturated carbocycles. The molecule has 0 spiro atoms. The average Bonchev–Trinajstić information content (AvgIpc) is 2.89. The lowest BCUT2D eigenvalue weighted by atomic mass is 9.81. The van der Waals surface area contributed by atoms with Crippen LogP contribution in [0.5, 0.6) is 0 Å². The van der Waals surface area contributed by atoms with Gasteiger partial charge in [-0.2, -0.15) is 0 Å². The standard InChI is InChI=1S/C26H22/c1-17-8-9-18-10-11-19(15-21(18)14-17)20-12-13-23-22-6-4-5-7-24(22)26(2,3)25(23)16-20/h4-16H,1-3H3. The highest BCUT2D eigenvalue weighted by atomic mass is 14.4. The fraction of sp³-hybridized carbons (Fsp3) is 0.154. The van der Waals surface area contributed by atoms with Crippen LogP contribution in [0.15, 0.2) is 78.9 Å². The SMILES string of the molecule is Cc1ccc2ccc(-c3ccc4c(c3)C(C)(C)c3ccccc3-4)cc2c1. The molecule has 0 radical (unpaired) electrons. The van der Waals surface area contributed by atoms with E-state index in [0.717, 1.165) is 0 Å². The van der Waals surface area contributed by atoms with Gasteiger partial charge in [0, 0.05) is 5.41 Å². The Kier molecular flexibility index (Phi) is 3.15. The van der Waals surface area contributed by atoms with E-state index >= 15 is 0 Å². The number of hydrogen-bond acceptors (Lipinski definition) is 0. The Labute approximate surface area is 155 Å². The molecule has 0 N–H and O–H groups in total. The van der Waals surface area contributed by atoms with E-state index in [9.17, 15) is 0 Å². The van der Waals surface area contributed by atoms with E-state index in [0.29, 0.717) is 0 Å². The summed E-state index contributed by atoms with van der Waals surface area (Å²) in [7, 11) is 0. The highest BCUT2D eigenvalue weighted by molar-refractivity contribution is 5.89. The van der Waals surface area contributed by atoms with Crippen LogP contribution in [0.3, 0.4) is 0 Å². The van der Waals surface area contributed by atoms with Crippen molar-refractivity contribution in [3.63, 3.8) is 0 Å². The Morgan fingerprint density at radius 3 is 2.15 bits per heavy atom. The minimum atomic E-state index is 0.0510. The van der Waals surface area contributed by atoms with Crippen LogP contribution in [0, 0.1) is 6.92 Å². The lowest BCUT2D eigenvalue weighted by molar-refractivity contribution is 0.660. The molecule has 0 heterocycles. The van der Waals surface area contributed by atoms with Crippen molar-refractivity contribution in [3.8, 4) is 22.3 Å². The Morgan fingerprint density at radius 2 is 1.27 bits per heavy atom. The van der Waals surface area contributed by atoms with E-state index in [2.05, 4.69) is 99.6 Å². The van der Waals surface area contributed by atoms with Crippen LogP contribution < -0.4 is 0 Å². The molecule has 126 valence electrons. The van der Waals surface area contributed by atoms with Crippen molar-refractivity contribution in [3.05, 3.63) is 95.6 Å². The highest BCUT2D eigenvalue weighted by Crippen LogP contribution is 2.49. The van der Waals surface area contributed by atoms with Crippen LogP contribution >= 0.6 is 0 Å². The third kappa shape index (κ3) is 2.15. The molecular weight excluding hydrogens is 312 g/mol. The first-order chi connectivity index (χ1) is 12.5. The minimum absolute atomic E-state index is 0.0510. The maximum absolute atomic E-state index is 2.40. The molecule has 4 aromatic rings. The maximum Gasteiger partial charge on any atom is 0.0159 e. The molecule has 0 fully saturated rings. The van der Waals surface area contributed by atoms with Crippen LogP contribution in [0.4, 0.5) is 0 Å². The van der Waals surface area contributed by atoms with Crippen molar-refractivity contribution >= 4 is 10.8 Å². The molecule has 4 aromatic carbocycles. The van der Waals surface area contributed by atoms with Gasteiger partial charge in [0.1, 0.15) is 0 Å². The average molecular weight is 334 g/mol. The molecule has 0 unspecified atom stereocenters. The zero-order valence-electron chi connectivity index (χ0n) is 15.5. The van der Waals surface area contributed by atoms with Crippen molar-refractivity contribution in [2.24, 2.45) is 0 Å². The second-order valence-electron chi connectivity index (χ2n) is 8.00. The third-order valence-corrected chi connectivity index (χ3v) is 5.91. The van der Waals surface area contributed by atoms with Crippen molar-refractivity contribution < 1.29 is 0 Å². The summed E-state index contributed by atoms with van der Waals surface area (Å²) in [6.07, 6.45) is 0.